The summed E-state index contributed by atoms with van der Waals surface area (Å²) < 4.78 is 34.3. The zero-order valence-corrected chi connectivity index (χ0v) is 14.5. The highest BCUT2D eigenvalue weighted by Crippen LogP contribution is 2.23. The number of benzene rings is 2. The van der Waals surface area contributed by atoms with E-state index in [9.17, 15) is 18.4 Å². The second-order valence-electron chi connectivity index (χ2n) is 5.60. The van der Waals surface area contributed by atoms with Gasteiger partial charge in [-0.2, -0.15) is 0 Å². The van der Waals surface area contributed by atoms with E-state index in [2.05, 4.69) is 0 Å². The van der Waals surface area contributed by atoms with E-state index in [1.54, 1.807) is 25.1 Å². The highest BCUT2D eigenvalue weighted by Gasteiger charge is 2.18. The molecule has 0 unspecified atom stereocenters. The van der Waals surface area contributed by atoms with E-state index in [1.807, 2.05) is 0 Å². The predicted octanol–water partition coefficient (Wildman–Crippen LogP) is 4.16. The van der Waals surface area contributed by atoms with Crippen molar-refractivity contribution in [1.82, 2.24) is 4.57 Å². The second kappa shape index (κ2) is 7.25. The zero-order chi connectivity index (χ0) is 18.8. The van der Waals surface area contributed by atoms with Crippen LogP contribution in [0.25, 0.3) is 10.9 Å². The summed E-state index contributed by atoms with van der Waals surface area (Å²) in [4.78, 5) is 24.7. The quantitative estimate of drug-likeness (QED) is 0.641. The molecule has 1 heterocycles. The van der Waals surface area contributed by atoms with Crippen molar-refractivity contribution in [3.63, 3.8) is 0 Å². The van der Waals surface area contributed by atoms with Gasteiger partial charge in [-0.1, -0.05) is 29.8 Å². The van der Waals surface area contributed by atoms with Crippen LogP contribution in [0, 0.1) is 11.6 Å². The Kier molecular flexibility index (Phi) is 5.04. The van der Waals surface area contributed by atoms with Gasteiger partial charge in [-0.05, 0) is 25.1 Å². The number of halogens is 3. The van der Waals surface area contributed by atoms with Gasteiger partial charge in [0.1, 0.15) is 17.2 Å². The standard InChI is InChI=1S/C19H14ClF2NO3/c1-2-26-19(25)13-10-23(9-11-5-3-4-6-15(11)21)17-8-14(20)16(22)7-12(17)18(13)24/h3-8,10H,2,9H2,1H3. The minimum Gasteiger partial charge on any atom is -0.462 e. The molecule has 0 aliphatic carbocycles. The summed E-state index contributed by atoms with van der Waals surface area (Å²) in [6.07, 6.45) is 1.28. The molecule has 0 fully saturated rings. The molecule has 0 saturated carbocycles. The highest BCUT2D eigenvalue weighted by atomic mass is 35.5. The number of carbonyl (C=O) groups is 1. The Morgan fingerprint density at radius 3 is 2.62 bits per heavy atom. The van der Waals surface area contributed by atoms with Crippen molar-refractivity contribution in [2.75, 3.05) is 6.61 Å². The highest BCUT2D eigenvalue weighted by molar-refractivity contribution is 6.31. The van der Waals surface area contributed by atoms with Crippen LogP contribution in [0.1, 0.15) is 22.8 Å². The zero-order valence-electron chi connectivity index (χ0n) is 13.8. The van der Waals surface area contributed by atoms with Crippen molar-refractivity contribution in [3.05, 3.63) is 80.6 Å². The van der Waals surface area contributed by atoms with E-state index in [0.717, 1.165) is 6.07 Å². The molecule has 3 aromatic rings. The molecule has 134 valence electrons. The molecule has 7 heteroatoms. The molecule has 3 rings (SSSR count). The number of nitrogens with zero attached hydrogens (tertiary/aromatic N) is 1. The summed E-state index contributed by atoms with van der Waals surface area (Å²) in [6.45, 7) is 1.71. The average molecular weight is 378 g/mol. The average Bonchev–Trinajstić information content (AvgIpc) is 2.61. The van der Waals surface area contributed by atoms with Crippen molar-refractivity contribution in [2.24, 2.45) is 0 Å². The molecular weight excluding hydrogens is 364 g/mol. The molecule has 0 N–H and O–H groups in total. The summed E-state index contributed by atoms with van der Waals surface area (Å²) in [5, 5.41) is -0.211. The lowest BCUT2D eigenvalue weighted by molar-refractivity contribution is 0.0524. The summed E-state index contributed by atoms with van der Waals surface area (Å²) in [5.41, 5.74) is -0.290. The van der Waals surface area contributed by atoms with E-state index in [-0.39, 0.29) is 34.6 Å². The van der Waals surface area contributed by atoms with Gasteiger partial charge in [-0.3, -0.25) is 4.79 Å². The van der Waals surface area contributed by atoms with Gasteiger partial charge in [0.2, 0.25) is 5.43 Å². The Hall–Kier alpha value is -2.73. The van der Waals surface area contributed by atoms with E-state index in [1.165, 1.54) is 22.9 Å². The van der Waals surface area contributed by atoms with E-state index in [4.69, 9.17) is 16.3 Å². The minimum absolute atomic E-state index is 0.0256. The van der Waals surface area contributed by atoms with Crippen LogP contribution in [0.2, 0.25) is 5.02 Å². The van der Waals surface area contributed by atoms with Gasteiger partial charge < -0.3 is 9.30 Å². The first-order chi connectivity index (χ1) is 12.4. The molecule has 0 bridgehead atoms. The number of fused-ring (bicyclic) bond motifs is 1. The number of esters is 1. The third-order valence-corrected chi connectivity index (χ3v) is 4.21. The smallest absolute Gasteiger partial charge is 0.343 e. The van der Waals surface area contributed by atoms with Gasteiger partial charge in [-0.15, -0.1) is 0 Å². The monoisotopic (exact) mass is 377 g/mol. The second-order valence-corrected chi connectivity index (χ2v) is 6.00. The van der Waals surface area contributed by atoms with Crippen molar-refractivity contribution < 1.29 is 18.3 Å². The van der Waals surface area contributed by atoms with Crippen molar-refractivity contribution in [3.8, 4) is 0 Å². The Morgan fingerprint density at radius 2 is 1.92 bits per heavy atom. The number of aromatic nitrogens is 1. The normalized spacial score (nSPS) is 10.9. The fourth-order valence-corrected chi connectivity index (χ4v) is 2.84. The lowest BCUT2D eigenvalue weighted by Gasteiger charge is -2.14. The topological polar surface area (TPSA) is 48.3 Å². The van der Waals surface area contributed by atoms with Crippen LogP contribution in [-0.4, -0.2) is 17.1 Å². The van der Waals surface area contributed by atoms with Crippen molar-refractivity contribution in [2.45, 2.75) is 13.5 Å². The molecule has 1 aromatic heterocycles. The molecule has 4 nitrogen and oxygen atoms in total. The van der Waals surface area contributed by atoms with Gasteiger partial charge in [0.25, 0.3) is 0 Å². The summed E-state index contributed by atoms with van der Waals surface area (Å²) in [6, 6.07) is 8.36. The van der Waals surface area contributed by atoms with Gasteiger partial charge in [-0.25, -0.2) is 13.6 Å². The molecule has 0 atom stereocenters. The fraction of sp³-hybridized carbons (Fsp3) is 0.158. The number of rotatable bonds is 4. The molecule has 0 saturated heterocycles. The van der Waals surface area contributed by atoms with Gasteiger partial charge >= 0.3 is 5.97 Å². The van der Waals surface area contributed by atoms with Crippen LogP contribution in [0.4, 0.5) is 8.78 Å². The molecule has 0 aliphatic heterocycles. The number of carbonyl (C=O) groups excluding carboxylic acids is 1. The molecule has 2 aromatic carbocycles. The van der Waals surface area contributed by atoms with Crippen molar-refractivity contribution >= 4 is 28.5 Å². The Balaban J connectivity index is 2.27. The van der Waals surface area contributed by atoms with Crippen LogP contribution in [-0.2, 0) is 11.3 Å². The lowest BCUT2D eigenvalue weighted by atomic mass is 10.1. The van der Waals surface area contributed by atoms with E-state index >= 15 is 0 Å². The fourth-order valence-electron chi connectivity index (χ4n) is 2.68. The molecule has 0 amide bonds. The van der Waals surface area contributed by atoms with Crippen LogP contribution in [0.15, 0.2) is 47.4 Å². The maximum atomic E-state index is 14.0. The Morgan fingerprint density at radius 1 is 1.19 bits per heavy atom. The SMILES string of the molecule is CCOC(=O)c1cn(Cc2ccccc2F)c2cc(Cl)c(F)cc2c1=O. The third kappa shape index (κ3) is 3.32. The van der Waals surface area contributed by atoms with Gasteiger partial charge in [0.15, 0.2) is 0 Å². The van der Waals surface area contributed by atoms with E-state index in [0.29, 0.717) is 5.56 Å². The van der Waals surface area contributed by atoms with Crippen LogP contribution in [0.5, 0.6) is 0 Å². The summed E-state index contributed by atoms with van der Waals surface area (Å²) in [5.74, 6) is -2.04. The molecule has 0 spiro atoms. The van der Waals surface area contributed by atoms with Crippen LogP contribution >= 0.6 is 11.6 Å². The number of hydrogen-bond donors (Lipinski definition) is 0. The molecule has 0 aliphatic rings. The minimum atomic E-state index is -0.822. The summed E-state index contributed by atoms with van der Waals surface area (Å²) >= 11 is 5.84. The number of pyridine rings is 1. The number of ether oxygens (including phenoxy) is 1. The summed E-state index contributed by atoms with van der Waals surface area (Å²) in [7, 11) is 0. The third-order valence-electron chi connectivity index (χ3n) is 3.92. The van der Waals surface area contributed by atoms with Crippen molar-refractivity contribution in [1.29, 1.82) is 0 Å². The Bertz CT molecular complexity index is 1060. The first-order valence-corrected chi connectivity index (χ1v) is 8.23. The number of hydrogen-bond acceptors (Lipinski definition) is 3. The van der Waals surface area contributed by atoms with E-state index < -0.39 is 23.0 Å². The molecule has 26 heavy (non-hydrogen) atoms. The van der Waals surface area contributed by atoms with Gasteiger partial charge in [0.05, 0.1) is 23.7 Å². The first-order valence-electron chi connectivity index (χ1n) is 7.85. The first kappa shape index (κ1) is 18.1. The molecular formula is C19H14ClF2NO3. The largest absolute Gasteiger partial charge is 0.462 e. The molecule has 0 radical (unpaired) electrons. The van der Waals surface area contributed by atoms with Gasteiger partial charge in [0, 0.05) is 17.1 Å². The lowest BCUT2D eigenvalue weighted by Crippen LogP contribution is -2.21. The predicted molar refractivity (Wildman–Crippen MR) is 94.6 cm³/mol. The van der Waals surface area contributed by atoms with Crippen LogP contribution < -0.4 is 5.43 Å². The maximum absolute atomic E-state index is 14.0. The maximum Gasteiger partial charge on any atom is 0.343 e. The Labute approximate surface area is 152 Å². The van der Waals surface area contributed by atoms with Crippen LogP contribution in [0.3, 0.4) is 0 Å².